The van der Waals surface area contributed by atoms with Crippen LogP contribution >= 0.6 is 0 Å². The average molecular weight is 359 g/mol. The summed E-state index contributed by atoms with van der Waals surface area (Å²) in [6, 6.07) is 19.5. The van der Waals surface area contributed by atoms with Crippen LogP contribution in [-0.4, -0.2) is 5.60 Å². The minimum atomic E-state index is -0.227. The summed E-state index contributed by atoms with van der Waals surface area (Å²) in [5.74, 6) is 1.02. The van der Waals surface area contributed by atoms with E-state index in [1.54, 1.807) is 0 Å². The van der Waals surface area contributed by atoms with Gasteiger partial charge in [0.2, 0.25) is 5.69 Å². The van der Waals surface area contributed by atoms with Crippen LogP contribution in [0.25, 0.3) is 22.4 Å². The lowest BCUT2D eigenvalue weighted by molar-refractivity contribution is -0.659. The van der Waals surface area contributed by atoms with Crippen molar-refractivity contribution < 1.29 is 9.30 Å². The molecule has 2 nitrogen and oxygen atoms in total. The number of nitrogens with zero attached hydrogens (tertiary/aromatic N) is 1. The van der Waals surface area contributed by atoms with Crippen molar-refractivity contribution in [3.63, 3.8) is 0 Å². The lowest BCUT2D eigenvalue weighted by Crippen LogP contribution is -2.41. The Morgan fingerprint density at radius 3 is 2.22 bits per heavy atom. The highest BCUT2D eigenvalue weighted by molar-refractivity contribution is 5.74. The Kier molecular flexibility index (Phi) is 3.92. The van der Waals surface area contributed by atoms with Gasteiger partial charge in [-0.1, -0.05) is 50.2 Å². The molecule has 4 rings (SSSR count). The van der Waals surface area contributed by atoms with Crippen molar-refractivity contribution >= 4 is 0 Å². The number of para-hydroxylation sites is 1. The summed E-state index contributed by atoms with van der Waals surface area (Å²) in [6.07, 6.45) is 2.21. The zero-order valence-corrected chi connectivity index (χ0v) is 17.1. The minimum Gasteiger partial charge on any atom is -0.486 e. The van der Waals surface area contributed by atoms with Crippen LogP contribution in [0.3, 0.4) is 0 Å². The van der Waals surface area contributed by atoms with Crippen LogP contribution in [-0.2, 0) is 12.5 Å². The molecule has 0 aliphatic carbocycles. The zero-order chi connectivity index (χ0) is 19.4. The van der Waals surface area contributed by atoms with Gasteiger partial charge in [0.15, 0.2) is 6.20 Å². The molecule has 1 aliphatic heterocycles. The number of fused-ring (bicyclic) bond motifs is 1. The van der Waals surface area contributed by atoms with Gasteiger partial charge in [-0.25, -0.2) is 4.57 Å². The quantitative estimate of drug-likeness (QED) is 0.543. The molecule has 2 heterocycles. The predicted octanol–water partition coefficient (Wildman–Crippen LogP) is 5.60. The van der Waals surface area contributed by atoms with E-state index in [1.165, 1.54) is 27.9 Å². The fraction of sp³-hybridized carbons (Fsp3) is 0.320. The Morgan fingerprint density at radius 2 is 1.52 bits per heavy atom. The summed E-state index contributed by atoms with van der Waals surface area (Å²) in [4.78, 5) is 0. The molecule has 0 spiro atoms. The molecule has 0 saturated carbocycles. The van der Waals surface area contributed by atoms with Crippen LogP contribution in [0.5, 0.6) is 5.75 Å². The third kappa shape index (κ3) is 2.66. The summed E-state index contributed by atoms with van der Waals surface area (Å²) in [5, 5.41) is 0. The second-order valence-corrected chi connectivity index (χ2v) is 8.65. The summed E-state index contributed by atoms with van der Waals surface area (Å²) in [6.45, 7) is 11.1. The first-order valence-electron chi connectivity index (χ1n) is 9.61. The highest BCUT2D eigenvalue weighted by atomic mass is 16.5. The van der Waals surface area contributed by atoms with E-state index < -0.39 is 0 Å². The number of aromatic nitrogens is 1. The van der Waals surface area contributed by atoms with Gasteiger partial charge in [0, 0.05) is 33.7 Å². The Labute approximate surface area is 162 Å². The maximum absolute atomic E-state index is 6.46. The van der Waals surface area contributed by atoms with Crippen LogP contribution in [0.15, 0.2) is 60.8 Å². The number of rotatable bonds is 2. The van der Waals surface area contributed by atoms with E-state index in [0.717, 1.165) is 11.3 Å². The summed E-state index contributed by atoms with van der Waals surface area (Å²) in [7, 11) is 2.11. The van der Waals surface area contributed by atoms with E-state index in [2.05, 4.69) is 107 Å². The van der Waals surface area contributed by atoms with Crippen LogP contribution in [0.2, 0.25) is 0 Å². The molecular formula is C25H28NO+. The van der Waals surface area contributed by atoms with Gasteiger partial charge in [-0.05, 0) is 38.5 Å². The van der Waals surface area contributed by atoms with Crippen molar-refractivity contribution in [1.29, 1.82) is 0 Å². The molecule has 27 heavy (non-hydrogen) atoms. The third-order valence-electron chi connectivity index (χ3n) is 6.42. The molecule has 0 radical (unpaired) electrons. The van der Waals surface area contributed by atoms with Crippen LogP contribution < -0.4 is 9.30 Å². The Hall–Kier alpha value is -2.61. The van der Waals surface area contributed by atoms with Gasteiger partial charge in [-0.3, -0.25) is 0 Å². The Balaban J connectivity index is 1.83. The SMILES string of the molecule is Cc1ccccc1-c1ccc(-c2cccc3c2OC(C)(C)C3(C)C)c[n+]1C. The fourth-order valence-electron chi connectivity index (χ4n) is 3.98. The molecule has 1 aromatic heterocycles. The van der Waals surface area contributed by atoms with E-state index in [-0.39, 0.29) is 11.0 Å². The van der Waals surface area contributed by atoms with Gasteiger partial charge >= 0.3 is 0 Å². The van der Waals surface area contributed by atoms with Gasteiger partial charge in [-0.2, -0.15) is 0 Å². The van der Waals surface area contributed by atoms with Crippen molar-refractivity contribution in [2.75, 3.05) is 0 Å². The largest absolute Gasteiger partial charge is 0.486 e. The minimum absolute atomic E-state index is 0.0262. The molecule has 0 atom stereocenters. The number of hydrogen-bond donors (Lipinski definition) is 0. The second kappa shape index (κ2) is 5.95. The smallest absolute Gasteiger partial charge is 0.212 e. The molecule has 2 aromatic carbocycles. The summed E-state index contributed by atoms with van der Waals surface area (Å²) in [5.41, 5.74) is 7.15. The second-order valence-electron chi connectivity index (χ2n) is 8.65. The standard InChI is InChI=1S/C25H28NO/c1-17-10-7-8-11-19(17)22-15-14-18(16-26(22)6)20-12-9-13-21-23(20)27-25(4,5)24(21,2)3/h7-16H,1-6H3/q+1. The third-order valence-corrected chi connectivity index (χ3v) is 6.42. The van der Waals surface area contributed by atoms with Crippen molar-refractivity contribution in [2.45, 2.75) is 45.6 Å². The molecule has 0 amide bonds. The predicted molar refractivity (Wildman–Crippen MR) is 111 cm³/mol. The highest BCUT2D eigenvalue weighted by Crippen LogP contribution is 2.52. The Bertz CT molecular complexity index is 1030. The molecule has 2 heteroatoms. The van der Waals surface area contributed by atoms with Crippen molar-refractivity contribution in [3.05, 3.63) is 71.9 Å². The molecule has 0 bridgehead atoms. The monoisotopic (exact) mass is 358 g/mol. The first kappa shape index (κ1) is 17.8. The molecular weight excluding hydrogens is 330 g/mol. The van der Waals surface area contributed by atoms with Gasteiger partial charge in [0.1, 0.15) is 18.4 Å². The molecule has 3 aromatic rings. The molecule has 138 valence electrons. The molecule has 0 N–H and O–H groups in total. The summed E-state index contributed by atoms with van der Waals surface area (Å²) < 4.78 is 8.67. The van der Waals surface area contributed by atoms with Gasteiger partial charge in [-0.15, -0.1) is 0 Å². The molecule has 0 saturated heterocycles. The summed E-state index contributed by atoms with van der Waals surface area (Å²) >= 11 is 0. The lowest BCUT2D eigenvalue weighted by atomic mass is 9.73. The van der Waals surface area contributed by atoms with Crippen LogP contribution in [0.4, 0.5) is 0 Å². The number of benzene rings is 2. The molecule has 1 aliphatic rings. The van der Waals surface area contributed by atoms with E-state index in [0.29, 0.717) is 0 Å². The highest BCUT2D eigenvalue weighted by Gasteiger charge is 2.48. The van der Waals surface area contributed by atoms with E-state index in [1.807, 2.05) is 0 Å². The number of hydrogen-bond acceptors (Lipinski definition) is 1. The maximum Gasteiger partial charge on any atom is 0.212 e. The van der Waals surface area contributed by atoms with E-state index in [4.69, 9.17) is 4.74 Å². The molecule has 0 unspecified atom stereocenters. The van der Waals surface area contributed by atoms with Crippen molar-refractivity contribution in [3.8, 4) is 28.1 Å². The topological polar surface area (TPSA) is 13.1 Å². The van der Waals surface area contributed by atoms with Gasteiger partial charge in [0.05, 0.1) is 0 Å². The molecule has 0 fully saturated rings. The average Bonchev–Trinajstić information content (AvgIpc) is 2.80. The normalized spacial score (nSPS) is 16.7. The van der Waals surface area contributed by atoms with Gasteiger partial charge in [0.25, 0.3) is 0 Å². The van der Waals surface area contributed by atoms with Crippen molar-refractivity contribution in [1.82, 2.24) is 0 Å². The Morgan fingerprint density at radius 1 is 0.815 bits per heavy atom. The lowest BCUT2D eigenvalue weighted by Gasteiger charge is -2.33. The number of ether oxygens (including phenoxy) is 1. The van der Waals surface area contributed by atoms with Crippen LogP contribution in [0.1, 0.15) is 38.8 Å². The first-order valence-corrected chi connectivity index (χ1v) is 9.61. The van der Waals surface area contributed by atoms with E-state index in [9.17, 15) is 0 Å². The van der Waals surface area contributed by atoms with Crippen LogP contribution in [0, 0.1) is 6.92 Å². The number of aryl methyl sites for hydroxylation is 2. The van der Waals surface area contributed by atoms with Gasteiger partial charge < -0.3 is 4.74 Å². The van der Waals surface area contributed by atoms with Crippen molar-refractivity contribution in [2.24, 2.45) is 7.05 Å². The number of pyridine rings is 1. The fourth-order valence-corrected chi connectivity index (χ4v) is 3.98. The maximum atomic E-state index is 6.46. The van der Waals surface area contributed by atoms with E-state index >= 15 is 0 Å². The first-order chi connectivity index (χ1) is 12.7. The zero-order valence-electron chi connectivity index (χ0n) is 17.1.